The summed E-state index contributed by atoms with van der Waals surface area (Å²) in [6, 6.07) is 20.5. The van der Waals surface area contributed by atoms with Crippen molar-refractivity contribution in [3.05, 3.63) is 89.3 Å². The number of fused-ring (bicyclic) bond motifs is 2. The van der Waals surface area contributed by atoms with Crippen LogP contribution in [0.25, 0.3) is 10.8 Å². The number of rotatable bonds is 3. The zero-order chi connectivity index (χ0) is 17.4. The molecule has 0 saturated carbocycles. The van der Waals surface area contributed by atoms with Crippen molar-refractivity contribution < 1.29 is 14.3 Å². The number of hydrogen-bond acceptors (Lipinski definition) is 4. The molecule has 3 aromatic carbocycles. The molecule has 0 heterocycles. The molecule has 1 aliphatic rings. The number of anilines is 1. The van der Waals surface area contributed by atoms with E-state index >= 15 is 0 Å². The fourth-order valence-electron chi connectivity index (χ4n) is 3.07. The maximum absolute atomic E-state index is 12.8. The van der Waals surface area contributed by atoms with Crippen molar-refractivity contribution in [3.8, 4) is 0 Å². The molecule has 0 atom stereocenters. The molecule has 0 bridgehead atoms. The van der Waals surface area contributed by atoms with Gasteiger partial charge in [-0.2, -0.15) is 0 Å². The van der Waals surface area contributed by atoms with E-state index in [-0.39, 0.29) is 23.0 Å². The fraction of sp³-hybridized carbons (Fsp3) is 0.0476. The minimum absolute atomic E-state index is 0.0388. The van der Waals surface area contributed by atoms with Crippen molar-refractivity contribution >= 4 is 28.0 Å². The van der Waals surface area contributed by atoms with Crippen molar-refractivity contribution in [2.45, 2.75) is 0 Å². The Hall–Kier alpha value is -3.40. The molecule has 4 rings (SSSR count). The van der Waals surface area contributed by atoms with E-state index in [0.29, 0.717) is 11.1 Å². The van der Waals surface area contributed by atoms with E-state index in [1.807, 2.05) is 42.5 Å². The lowest BCUT2D eigenvalue weighted by molar-refractivity contribution is 0.0907. The predicted octanol–water partition coefficient (Wildman–Crippen LogP) is 4.19. The maximum Gasteiger partial charge on any atom is 0.230 e. The summed E-state index contributed by atoms with van der Waals surface area (Å²) in [5, 5.41) is 5.23. The van der Waals surface area contributed by atoms with Gasteiger partial charge in [-0.05, 0) is 22.9 Å². The third kappa shape index (κ3) is 2.48. The molecule has 1 aliphatic carbocycles. The molecule has 0 aromatic heterocycles. The number of methoxy groups -OCH3 is 1. The smallest absolute Gasteiger partial charge is 0.230 e. The molecule has 4 nitrogen and oxygen atoms in total. The van der Waals surface area contributed by atoms with E-state index in [0.717, 1.165) is 16.5 Å². The van der Waals surface area contributed by atoms with Crippen LogP contribution in [0.15, 0.2) is 78.2 Å². The molecular weight excluding hydrogens is 314 g/mol. The average Bonchev–Trinajstić information content (AvgIpc) is 2.66. The monoisotopic (exact) mass is 329 g/mol. The van der Waals surface area contributed by atoms with Gasteiger partial charge in [0.25, 0.3) is 0 Å². The third-order valence-corrected chi connectivity index (χ3v) is 4.30. The Morgan fingerprint density at radius 2 is 1.40 bits per heavy atom. The molecule has 3 aromatic rings. The van der Waals surface area contributed by atoms with Crippen LogP contribution >= 0.6 is 0 Å². The topological polar surface area (TPSA) is 55.4 Å². The van der Waals surface area contributed by atoms with Gasteiger partial charge in [-0.15, -0.1) is 0 Å². The number of allylic oxidation sites excluding steroid dienone is 2. The number of carbonyl (C=O) groups is 2. The van der Waals surface area contributed by atoms with Gasteiger partial charge in [-0.3, -0.25) is 9.59 Å². The first-order valence-electron chi connectivity index (χ1n) is 7.91. The highest BCUT2D eigenvalue weighted by Crippen LogP contribution is 2.28. The summed E-state index contributed by atoms with van der Waals surface area (Å²) in [4.78, 5) is 25.5. The highest BCUT2D eigenvalue weighted by Gasteiger charge is 2.33. The highest BCUT2D eigenvalue weighted by atomic mass is 16.5. The first kappa shape index (κ1) is 15.1. The van der Waals surface area contributed by atoms with Crippen LogP contribution in [0.4, 0.5) is 5.69 Å². The van der Waals surface area contributed by atoms with Crippen LogP contribution < -0.4 is 5.32 Å². The van der Waals surface area contributed by atoms with Crippen molar-refractivity contribution in [2.75, 3.05) is 12.4 Å². The van der Waals surface area contributed by atoms with E-state index in [1.54, 1.807) is 24.3 Å². The van der Waals surface area contributed by atoms with E-state index < -0.39 is 0 Å². The Morgan fingerprint density at radius 1 is 0.760 bits per heavy atom. The van der Waals surface area contributed by atoms with Crippen molar-refractivity contribution in [2.24, 2.45) is 0 Å². The quantitative estimate of drug-likeness (QED) is 0.783. The molecule has 4 heteroatoms. The number of benzene rings is 3. The van der Waals surface area contributed by atoms with Crippen LogP contribution in [0, 0.1) is 0 Å². The Morgan fingerprint density at radius 3 is 2.12 bits per heavy atom. The minimum Gasteiger partial charge on any atom is -0.491 e. The van der Waals surface area contributed by atoms with Gasteiger partial charge in [0.1, 0.15) is 5.70 Å². The molecule has 0 fully saturated rings. The molecule has 25 heavy (non-hydrogen) atoms. The lowest BCUT2D eigenvalue weighted by atomic mass is 9.91. The SMILES string of the molecule is COC1=C(Nc2ccc3ccccc3c2)C(=O)c2ccccc2C1=O. The lowest BCUT2D eigenvalue weighted by Crippen LogP contribution is -2.26. The average molecular weight is 329 g/mol. The van der Waals surface area contributed by atoms with Crippen LogP contribution in [-0.4, -0.2) is 18.7 Å². The molecule has 1 N–H and O–H groups in total. The van der Waals surface area contributed by atoms with Gasteiger partial charge in [-0.25, -0.2) is 0 Å². The van der Waals surface area contributed by atoms with Crippen molar-refractivity contribution in [1.29, 1.82) is 0 Å². The van der Waals surface area contributed by atoms with Crippen LogP contribution in [-0.2, 0) is 4.74 Å². The van der Waals surface area contributed by atoms with Crippen LogP contribution in [0.2, 0.25) is 0 Å². The van der Waals surface area contributed by atoms with Crippen LogP contribution in [0.3, 0.4) is 0 Å². The predicted molar refractivity (Wildman–Crippen MR) is 96.7 cm³/mol. The van der Waals surface area contributed by atoms with Crippen molar-refractivity contribution in [1.82, 2.24) is 0 Å². The zero-order valence-corrected chi connectivity index (χ0v) is 13.6. The van der Waals surface area contributed by atoms with Crippen molar-refractivity contribution in [3.63, 3.8) is 0 Å². The summed E-state index contributed by atoms with van der Waals surface area (Å²) in [6.45, 7) is 0. The Balaban J connectivity index is 1.79. The van der Waals surface area contributed by atoms with Gasteiger partial charge >= 0.3 is 0 Å². The maximum atomic E-state index is 12.8. The standard InChI is InChI=1S/C21H15NO3/c1-25-21-18(19(23)16-8-4-5-9-17(16)20(21)24)22-15-11-10-13-6-2-3-7-14(13)12-15/h2-12,22H,1H3. The van der Waals surface area contributed by atoms with E-state index in [4.69, 9.17) is 4.74 Å². The fourth-order valence-corrected chi connectivity index (χ4v) is 3.07. The number of nitrogens with one attached hydrogen (secondary N) is 1. The third-order valence-electron chi connectivity index (χ3n) is 4.30. The molecule has 0 unspecified atom stereocenters. The normalized spacial score (nSPS) is 13.8. The first-order chi connectivity index (χ1) is 12.2. The van der Waals surface area contributed by atoms with Gasteiger partial charge in [0.05, 0.1) is 7.11 Å². The molecule has 0 aliphatic heterocycles. The summed E-state index contributed by atoms with van der Waals surface area (Å²) < 4.78 is 5.25. The molecule has 122 valence electrons. The minimum atomic E-state index is -0.291. The number of carbonyl (C=O) groups excluding carboxylic acids is 2. The number of ether oxygens (including phenoxy) is 1. The van der Waals surface area contributed by atoms with Gasteiger partial charge in [-0.1, -0.05) is 54.6 Å². The van der Waals surface area contributed by atoms with E-state index in [9.17, 15) is 9.59 Å². The van der Waals surface area contributed by atoms with Gasteiger partial charge < -0.3 is 10.1 Å². The summed E-state index contributed by atoms with van der Waals surface area (Å²) in [7, 11) is 1.40. The second-order valence-electron chi connectivity index (χ2n) is 5.80. The van der Waals surface area contributed by atoms with Crippen LogP contribution in [0.1, 0.15) is 20.7 Å². The molecule has 0 spiro atoms. The van der Waals surface area contributed by atoms with Crippen LogP contribution in [0.5, 0.6) is 0 Å². The molecular formula is C21H15NO3. The Kier molecular flexibility index (Phi) is 3.58. The Bertz CT molecular complexity index is 1050. The van der Waals surface area contributed by atoms with Gasteiger partial charge in [0, 0.05) is 16.8 Å². The van der Waals surface area contributed by atoms with E-state index in [1.165, 1.54) is 7.11 Å². The number of ketones is 2. The van der Waals surface area contributed by atoms with Gasteiger partial charge in [0.15, 0.2) is 5.76 Å². The first-order valence-corrected chi connectivity index (χ1v) is 7.91. The molecule has 0 radical (unpaired) electrons. The second-order valence-corrected chi connectivity index (χ2v) is 5.80. The number of hydrogen-bond donors (Lipinski definition) is 1. The second kappa shape index (κ2) is 5.91. The lowest BCUT2D eigenvalue weighted by Gasteiger charge is -2.21. The molecule has 0 saturated heterocycles. The van der Waals surface area contributed by atoms with E-state index in [2.05, 4.69) is 5.32 Å². The largest absolute Gasteiger partial charge is 0.491 e. The Labute approximate surface area is 144 Å². The summed E-state index contributed by atoms with van der Waals surface area (Å²) in [6.07, 6.45) is 0. The molecule has 0 amide bonds. The summed E-state index contributed by atoms with van der Waals surface area (Å²) in [5.41, 5.74) is 1.65. The summed E-state index contributed by atoms with van der Waals surface area (Å²) in [5.74, 6) is -0.502. The number of Topliss-reactive ketones (excluding diaryl/α,β-unsaturated/α-hetero) is 2. The highest BCUT2D eigenvalue weighted by molar-refractivity contribution is 6.27. The van der Waals surface area contributed by atoms with Gasteiger partial charge in [0.2, 0.25) is 11.6 Å². The zero-order valence-electron chi connectivity index (χ0n) is 13.6. The summed E-state index contributed by atoms with van der Waals surface area (Å²) >= 11 is 0.